The molecule has 2 heterocycles. The maximum absolute atomic E-state index is 11.9. The molecule has 2 N–H and O–H groups in total. The van der Waals surface area contributed by atoms with E-state index in [-0.39, 0.29) is 11.4 Å². The number of rotatable bonds is 1. The van der Waals surface area contributed by atoms with Crippen molar-refractivity contribution in [1.29, 1.82) is 0 Å². The molecule has 16 heavy (non-hydrogen) atoms. The summed E-state index contributed by atoms with van der Waals surface area (Å²) in [5.74, 6) is -0.143. The Morgan fingerprint density at radius 3 is 2.94 bits per heavy atom. The van der Waals surface area contributed by atoms with Gasteiger partial charge in [0.15, 0.2) is 5.69 Å². The lowest BCUT2D eigenvalue weighted by Crippen LogP contribution is -2.41. The maximum atomic E-state index is 11.9. The van der Waals surface area contributed by atoms with Crippen LogP contribution in [0.5, 0.6) is 0 Å². The first-order valence-corrected chi connectivity index (χ1v) is 5.44. The Balaban J connectivity index is 2.21. The molecular formula is C11H17N3O2. The Labute approximate surface area is 94.6 Å². The zero-order chi connectivity index (χ0) is 11.8. The van der Waals surface area contributed by atoms with Crippen molar-refractivity contribution in [2.75, 3.05) is 6.61 Å². The monoisotopic (exact) mass is 223 g/mol. The fraction of sp³-hybridized carbons (Fsp3) is 0.636. The number of fused-ring (bicyclic) bond motifs is 1. The molecule has 1 aliphatic heterocycles. The molecule has 1 aliphatic rings. The molecule has 5 heteroatoms. The molecular weight excluding hydrogens is 206 g/mol. The number of nitrogens with one attached hydrogen (secondary N) is 2. The lowest BCUT2D eigenvalue weighted by atomic mass is 10.1. The lowest BCUT2D eigenvalue weighted by molar-refractivity contribution is 0.0893. The molecule has 0 radical (unpaired) electrons. The highest BCUT2D eigenvalue weighted by atomic mass is 16.5. The van der Waals surface area contributed by atoms with Gasteiger partial charge in [-0.15, -0.1) is 0 Å². The molecule has 0 aromatic carbocycles. The highest BCUT2D eigenvalue weighted by Gasteiger charge is 2.24. The van der Waals surface area contributed by atoms with Crippen LogP contribution in [-0.2, 0) is 17.8 Å². The summed E-state index contributed by atoms with van der Waals surface area (Å²) >= 11 is 0. The number of hydrogen-bond donors (Lipinski definition) is 2. The molecule has 0 bridgehead atoms. The molecule has 1 aromatic heterocycles. The summed E-state index contributed by atoms with van der Waals surface area (Å²) in [6.45, 7) is 7.00. The van der Waals surface area contributed by atoms with E-state index < -0.39 is 0 Å². The van der Waals surface area contributed by atoms with Gasteiger partial charge in [0, 0.05) is 23.2 Å². The van der Waals surface area contributed by atoms with Crippen LogP contribution < -0.4 is 5.32 Å². The summed E-state index contributed by atoms with van der Waals surface area (Å²) in [6.07, 6.45) is 0.797. The fourth-order valence-corrected chi connectivity index (χ4v) is 1.70. The second-order valence-electron chi connectivity index (χ2n) is 5.04. The molecule has 0 saturated carbocycles. The first kappa shape index (κ1) is 11.1. The predicted octanol–water partition coefficient (Wildman–Crippen LogP) is 1.01. The fourth-order valence-electron chi connectivity index (χ4n) is 1.70. The summed E-state index contributed by atoms with van der Waals surface area (Å²) < 4.78 is 5.34. The molecule has 0 fully saturated rings. The van der Waals surface area contributed by atoms with E-state index in [1.54, 1.807) is 0 Å². The van der Waals surface area contributed by atoms with E-state index in [1.807, 2.05) is 20.8 Å². The zero-order valence-electron chi connectivity index (χ0n) is 9.89. The number of aromatic amines is 1. The van der Waals surface area contributed by atoms with E-state index in [2.05, 4.69) is 15.5 Å². The van der Waals surface area contributed by atoms with Crippen LogP contribution in [-0.4, -0.2) is 28.3 Å². The highest BCUT2D eigenvalue weighted by molar-refractivity contribution is 5.94. The summed E-state index contributed by atoms with van der Waals surface area (Å²) in [5, 5.41) is 9.86. The summed E-state index contributed by atoms with van der Waals surface area (Å²) in [7, 11) is 0. The molecule has 0 unspecified atom stereocenters. The summed E-state index contributed by atoms with van der Waals surface area (Å²) in [5.41, 5.74) is 2.13. The average molecular weight is 223 g/mol. The van der Waals surface area contributed by atoms with Gasteiger partial charge in [0.05, 0.1) is 13.2 Å². The SMILES string of the molecule is CC(C)(C)NC(=O)c1n[nH]c2c1COCC2. The van der Waals surface area contributed by atoms with Crippen LogP contribution in [0.1, 0.15) is 42.5 Å². The van der Waals surface area contributed by atoms with Crippen molar-refractivity contribution in [3.63, 3.8) is 0 Å². The minimum atomic E-state index is -0.252. The molecule has 0 atom stereocenters. The smallest absolute Gasteiger partial charge is 0.272 e. The van der Waals surface area contributed by atoms with Crippen LogP contribution in [0.15, 0.2) is 0 Å². The number of amides is 1. The second-order valence-corrected chi connectivity index (χ2v) is 5.04. The average Bonchev–Trinajstić information content (AvgIpc) is 2.58. The predicted molar refractivity (Wildman–Crippen MR) is 59.2 cm³/mol. The van der Waals surface area contributed by atoms with Gasteiger partial charge < -0.3 is 10.1 Å². The van der Waals surface area contributed by atoms with E-state index in [9.17, 15) is 4.79 Å². The van der Waals surface area contributed by atoms with Crippen molar-refractivity contribution < 1.29 is 9.53 Å². The van der Waals surface area contributed by atoms with E-state index >= 15 is 0 Å². The van der Waals surface area contributed by atoms with Gasteiger partial charge >= 0.3 is 0 Å². The second kappa shape index (κ2) is 3.90. The van der Waals surface area contributed by atoms with Crippen molar-refractivity contribution in [3.8, 4) is 0 Å². The van der Waals surface area contributed by atoms with Crippen molar-refractivity contribution in [1.82, 2.24) is 15.5 Å². The van der Waals surface area contributed by atoms with Crippen LogP contribution in [0.2, 0.25) is 0 Å². The number of carbonyl (C=O) groups excluding carboxylic acids is 1. The third kappa shape index (κ3) is 2.24. The third-order valence-electron chi connectivity index (χ3n) is 2.40. The van der Waals surface area contributed by atoms with Crippen molar-refractivity contribution in [2.45, 2.75) is 39.3 Å². The van der Waals surface area contributed by atoms with Crippen LogP contribution in [0.3, 0.4) is 0 Å². The van der Waals surface area contributed by atoms with Gasteiger partial charge in [0.1, 0.15) is 0 Å². The molecule has 0 aliphatic carbocycles. The first-order chi connectivity index (χ1) is 7.47. The van der Waals surface area contributed by atoms with E-state index in [0.717, 1.165) is 17.7 Å². The van der Waals surface area contributed by atoms with Crippen LogP contribution in [0, 0.1) is 0 Å². The number of H-pyrrole nitrogens is 1. The number of carbonyl (C=O) groups is 1. The number of hydrogen-bond acceptors (Lipinski definition) is 3. The van der Waals surface area contributed by atoms with Crippen molar-refractivity contribution >= 4 is 5.91 Å². The first-order valence-electron chi connectivity index (χ1n) is 5.44. The number of ether oxygens (including phenoxy) is 1. The Hall–Kier alpha value is -1.36. The molecule has 0 saturated heterocycles. The Kier molecular flexibility index (Phi) is 2.71. The Morgan fingerprint density at radius 2 is 2.25 bits per heavy atom. The van der Waals surface area contributed by atoms with Crippen molar-refractivity contribution in [2.24, 2.45) is 0 Å². The lowest BCUT2D eigenvalue weighted by Gasteiger charge is -2.20. The Bertz CT molecular complexity index is 404. The van der Waals surface area contributed by atoms with Crippen LogP contribution >= 0.6 is 0 Å². The standard InChI is InChI=1S/C11H17N3O2/c1-11(2,3)12-10(15)9-7-6-16-5-4-8(7)13-14-9/h4-6H2,1-3H3,(H,12,15)(H,13,14). The van der Waals surface area contributed by atoms with Gasteiger partial charge in [-0.3, -0.25) is 9.89 Å². The molecule has 88 valence electrons. The third-order valence-corrected chi connectivity index (χ3v) is 2.40. The quantitative estimate of drug-likeness (QED) is 0.746. The van der Waals surface area contributed by atoms with Crippen LogP contribution in [0.25, 0.3) is 0 Å². The van der Waals surface area contributed by atoms with Gasteiger partial charge in [-0.25, -0.2) is 0 Å². The van der Waals surface area contributed by atoms with Gasteiger partial charge in [-0.05, 0) is 20.8 Å². The van der Waals surface area contributed by atoms with Gasteiger partial charge in [0.25, 0.3) is 5.91 Å². The molecule has 1 aromatic rings. The minimum absolute atomic E-state index is 0.143. The summed E-state index contributed by atoms with van der Waals surface area (Å²) in [4.78, 5) is 11.9. The van der Waals surface area contributed by atoms with E-state index in [4.69, 9.17) is 4.74 Å². The zero-order valence-corrected chi connectivity index (χ0v) is 9.89. The molecule has 0 spiro atoms. The van der Waals surface area contributed by atoms with E-state index in [0.29, 0.717) is 18.9 Å². The van der Waals surface area contributed by atoms with Gasteiger partial charge in [0.2, 0.25) is 0 Å². The van der Waals surface area contributed by atoms with Crippen LogP contribution in [0.4, 0.5) is 0 Å². The van der Waals surface area contributed by atoms with Crippen molar-refractivity contribution in [3.05, 3.63) is 17.0 Å². The molecule has 5 nitrogen and oxygen atoms in total. The molecule has 2 rings (SSSR count). The normalized spacial score (nSPS) is 15.7. The minimum Gasteiger partial charge on any atom is -0.376 e. The maximum Gasteiger partial charge on any atom is 0.272 e. The van der Waals surface area contributed by atoms with E-state index in [1.165, 1.54) is 0 Å². The topological polar surface area (TPSA) is 67.0 Å². The largest absolute Gasteiger partial charge is 0.376 e. The number of nitrogens with zero attached hydrogens (tertiary/aromatic N) is 1. The number of aromatic nitrogens is 2. The highest BCUT2D eigenvalue weighted by Crippen LogP contribution is 2.18. The Morgan fingerprint density at radius 1 is 1.50 bits per heavy atom. The van der Waals surface area contributed by atoms with Gasteiger partial charge in [-0.2, -0.15) is 5.10 Å². The van der Waals surface area contributed by atoms with Gasteiger partial charge in [-0.1, -0.05) is 0 Å². The summed E-state index contributed by atoms with van der Waals surface area (Å²) in [6, 6.07) is 0. The molecule has 1 amide bonds.